The Balaban J connectivity index is 0.668. The van der Waals surface area contributed by atoms with E-state index in [9.17, 15) is 29.1 Å². The van der Waals surface area contributed by atoms with E-state index >= 15 is 0 Å². The summed E-state index contributed by atoms with van der Waals surface area (Å²) < 4.78 is 80.5. The first-order valence-electron chi connectivity index (χ1n) is 45.7. The molecule has 0 unspecified atom stereocenters. The van der Waals surface area contributed by atoms with Gasteiger partial charge in [0, 0.05) is 107 Å². The van der Waals surface area contributed by atoms with E-state index in [1.807, 2.05) is 129 Å². The first kappa shape index (κ1) is 99.6. The van der Waals surface area contributed by atoms with Gasteiger partial charge in [-0.25, -0.2) is 39.9 Å². The molecule has 38 heteroatoms. The molecule has 12 aromatic rings. The molecule has 0 aliphatic rings. The molecule has 12 rings (SSSR count). The van der Waals surface area contributed by atoms with Crippen molar-refractivity contribution in [3.8, 4) is 0 Å². The predicted molar refractivity (Wildman–Crippen MR) is 504 cm³/mol. The van der Waals surface area contributed by atoms with Gasteiger partial charge in [-0.3, -0.25) is 24.0 Å². The van der Waals surface area contributed by atoms with Crippen molar-refractivity contribution in [2.75, 3.05) is 199 Å². The smallest absolute Gasteiger partial charge is 0.246 e. The molecule has 8 aromatic heterocycles. The number of imidazole rings is 4. The van der Waals surface area contributed by atoms with Crippen LogP contribution in [-0.2, 0) is 133 Å². The second-order valence-corrected chi connectivity index (χ2v) is 32.3. The zero-order chi connectivity index (χ0) is 93.0. The lowest BCUT2D eigenvalue weighted by Gasteiger charge is -2.33. The fraction of sp³-hybridized carbons (Fsp3) is 0.521. The van der Waals surface area contributed by atoms with Gasteiger partial charge in [0.1, 0.15) is 98.2 Å². The van der Waals surface area contributed by atoms with E-state index in [4.69, 9.17) is 96.7 Å². The summed E-state index contributed by atoms with van der Waals surface area (Å²) in [7, 11) is 0. The Morgan fingerprint density at radius 2 is 0.598 bits per heavy atom. The number of para-hydroxylation sites is 4. The molecule has 132 heavy (non-hydrogen) atoms. The van der Waals surface area contributed by atoms with Crippen LogP contribution in [0, 0.1) is 5.41 Å². The average molecular weight is 1830 g/mol. The minimum Gasteiger partial charge on any atom is -0.389 e. The lowest BCUT2D eigenvalue weighted by Crippen LogP contribution is -2.43. The van der Waals surface area contributed by atoms with Gasteiger partial charge in [-0.1, -0.05) is 93.6 Å². The average Bonchev–Trinajstić information content (AvgIpc) is 1.62. The molecule has 8 heterocycles. The van der Waals surface area contributed by atoms with E-state index < -0.39 is 36.0 Å². The Kier molecular flexibility index (Phi) is 38.5. The number of carbonyl (C=O) groups is 5. The van der Waals surface area contributed by atoms with E-state index in [-0.39, 0.29) is 155 Å². The maximum Gasteiger partial charge on any atom is 0.246 e. The molecule has 0 saturated heterocycles. The van der Waals surface area contributed by atoms with Crippen molar-refractivity contribution in [1.82, 2.24) is 79.4 Å². The monoisotopic (exact) mass is 1820 g/mol. The van der Waals surface area contributed by atoms with Gasteiger partial charge in [0.15, 0.2) is 23.3 Å². The van der Waals surface area contributed by atoms with E-state index in [0.717, 1.165) is 128 Å². The van der Waals surface area contributed by atoms with Gasteiger partial charge in [-0.05, 0) is 85.1 Å². The van der Waals surface area contributed by atoms with Crippen LogP contribution >= 0.6 is 0 Å². The molecule has 0 fully saturated rings. The molecule has 0 saturated carbocycles. The van der Waals surface area contributed by atoms with E-state index in [2.05, 4.69) is 77.0 Å². The quantitative estimate of drug-likeness (QED) is 0.0160. The molecule has 0 atom stereocenters. The molecule has 5 amide bonds. The molecule has 4 aromatic carbocycles. The molecule has 9 N–H and O–H groups in total. The third-order valence-corrected chi connectivity index (χ3v) is 21.3. The number of aryl methyl sites for hydroxylation is 3. The molecule has 38 nitrogen and oxygen atoms in total. The highest BCUT2D eigenvalue weighted by Gasteiger charge is 2.34. The molecule has 0 aliphatic heterocycles. The third-order valence-electron chi connectivity index (χ3n) is 21.3. The molecule has 0 bridgehead atoms. The SMILES string of the molecule is CCCn1c(COCC)nc2c(NCCNC(=O)COCCOCC(COCCOCC(=O)NCCNc3nc4ccccc4c4c3nc(COCC)n4CCC)(COCCOCC(=O)NCCNc3nc4ccccc4c4c3nc(COCC)n4CCC)COCCOCC(=O)NCC(=O)Nc3nc4ccccc4c4c3nc(COCC)n4CC(C)(C)O)nc3ccccc3c21. The van der Waals surface area contributed by atoms with Crippen molar-refractivity contribution in [2.45, 2.75) is 140 Å². The maximum atomic E-state index is 13.6. The Morgan fingerprint density at radius 3 is 0.902 bits per heavy atom. The van der Waals surface area contributed by atoms with Crippen LogP contribution < -0.4 is 42.5 Å². The highest BCUT2D eigenvalue weighted by molar-refractivity contribution is 6.11. The zero-order valence-corrected chi connectivity index (χ0v) is 77.4. The number of ether oxygens (including phenoxy) is 12. The normalized spacial score (nSPS) is 12.0. The first-order chi connectivity index (χ1) is 64.4. The van der Waals surface area contributed by atoms with Crippen molar-refractivity contribution >= 4 is 141 Å². The van der Waals surface area contributed by atoms with Crippen molar-refractivity contribution in [3.63, 3.8) is 0 Å². The third kappa shape index (κ3) is 27.4. The number of fused-ring (bicyclic) bond motifs is 12. The fourth-order valence-corrected chi connectivity index (χ4v) is 15.4. The summed E-state index contributed by atoms with van der Waals surface area (Å²) in [6.45, 7) is 23.3. The Morgan fingerprint density at radius 1 is 0.326 bits per heavy atom. The van der Waals surface area contributed by atoms with Crippen LogP contribution in [0.1, 0.15) is 105 Å². The lowest BCUT2D eigenvalue weighted by molar-refractivity contribution is -0.132. The molecule has 0 spiro atoms. The minimum absolute atomic E-state index is 0.0214. The second-order valence-electron chi connectivity index (χ2n) is 32.3. The number of hydrogen-bond acceptors (Lipinski definition) is 29. The number of rotatable bonds is 63. The van der Waals surface area contributed by atoms with Crippen LogP contribution in [0.4, 0.5) is 23.3 Å². The van der Waals surface area contributed by atoms with Gasteiger partial charge in [-0.2, -0.15) is 0 Å². The molecule has 0 radical (unpaired) electrons. The second kappa shape index (κ2) is 51.0. The van der Waals surface area contributed by atoms with Gasteiger partial charge in [0.25, 0.3) is 0 Å². The van der Waals surface area contributed by atoms with Crippen LogP contribution in [0.5, 0.6) is 0 Å². The zero-order valence-electron chi connectivity index (χ0n) is 77.4. The van der Waals surface area contributed by atoms with Crippen molar-refractivity contribution < 1.29 is 85.9 Å². The summed E-state index contributed by atoms with van der Waals surface area (Å²) in [6, 6.07) is 31.3. The van der Waals surface area contributed by atoms with Crippen LogP contribution in [0.2, 0.25) is 0 Å². The fourth-order valence-electron chi connectivity index (χ4n) is 15.4. The summed E-state index contributed by atoms with van der Waals surface area (Å²) in [5.41, 5.74) is 6.91. The first-order valence-corrected chi connectivity index (χ1v) is 45.7. The van der Waals surface area contributed by atoms with E-state index in [0.29, 0.717) is 106 Å². The Hall–Kier alpha value is -11.4. The summed E-state index contributed by atoms with van der Waals surface area (Å²) in [5, 5.41) is 39.1. The van der Waals surface area contributed by atoms with Gasteiger partial charge < -0.3 is 123 Å². The Bertz CT molecular complexity index is 5380. The molecular formula is C94H128N20O18. The van der Waals surface area contributed by atoms with E-state index in [1.165, 1.54) is 0 Å². The largest absolute Gasteiger partial charge is 0.389 e. The number of nitrogens with zero attached hydrogens (tertiary/aromatic N) is 12. The maximum absolute atomic E-state index is 13.6. The summed E-state index contributed by atoms with van der Waals surface area (Å²) in [6.07, 6.45) is 2.69. The summed E-state index contributed by atoms with van der Waals surface area (Å²) >= 11 is 0. The molecule has 712 valence electrons. The number of nitrogens with one attached hydrogen (secondary N) is 8. The Labute approximate surface area is 767 Å². The highest BCUT2D eigenvalue weighted by Crippen LogP contribution is 2.36. The van der Waals surface area contributed by atoms with Gasteiger partial charge in [0.05, 0.1) is 148 Å². The van der Waals surface area contributed by atoms with Crippen molar-refractivity contribution in [2.24, 2.45) is 5.41 Å². The molecule has 0 aliphatic carbocycles. The van der Waals surface area contributed by atoms with Crippen molar-refractivity contribution in [1.29, 1.82) is 0 Å². The van der Waals surface area contributed by atoms with Crippen LogP contribution in [0.3, 0.4) is 0 Å². The number of amides is 5. The predicted octanol–water partition coefficient (Wildman–Crippen LogP) is 9.28. The number of aliphatic hydroxyl groups is 1. The van der Waals surface area contributed by atoms with Crippen LogP contribution in [0.25, 0.3) is 87.7 Å². The van der Waals surface area contributed by atoms with E-state index in [1.54, 1.807) is 13.8 Å². The highest BCUT2D eigenvalue weighted by atomic mass is 16.6. The number of carbonyl (C=O) groups excluding carboxylic acids is 5. The van der Waals surface area contributed by atoms with Crippen LogP contribution in [-0.4, -0.2) is 276 Å². The van der Waals surface area contributed by atoms with Gasteiger partial charge in [-0.15, -0.1) is 0 Å². The van der Waals surface area contributed by atoms with Crippen molar-refractivity contribution in [3.05, 3.63) is 120 Å². The number of benzene rings is 4. The molecular weight excluding hydrogens is 1700 g/mol. The summed E-state index contributed by atoms with van der Waals surface area (Å²) in [4.78, 5) is 106. The standard InChI is InChI=1S/C94H128N20O18/c1-10-39-111-72(51-121-13-4)106-81-85(111)64-25-17-21-29-68(64)102-89(81)98-36-33-95-77(116)55-125-42-46-129-60-94(61-130-47-43-126-56-78(117)96-34-37-99-90-82-86(65-26-18-22-30-69(65)103-90)112(40-11-2)73(107-82)52-122-14-5,62-131-48-44-127-57-79(118)97-35-38-100-91-83-87(66-27-19-23-31-70(66)104-91)113(41-12-3)74(108-83)53-123-15-6)63-132-49-45-128-58-80(119)101-50-76(115)110-92-84-88(67-28-20-24-32-71(67)105-92)114(59-93(8,9)120)75(109-84)54-124-16-7/h17-32,120H,10-16,33-63H2,1-9H3,(H,95,116)(H,96,117)(H,97,118)(H,98,102)(H,99,103)(H,100,104)(H,101,119)(H,105,110,115). The van der Waals surface area contributed by atoms with Crippen LogP contribution in [0.15, 0.2) is 97.1 Å². The minimum atomic E-state index is -1.13. The number of anilines is 4. The summed E-state index contributed by atoms with van der Waals surface area (Å²) in [5.74, 6) is 2.73. The van der Waals surface area contributed by atoms with Gasteiger partial charge in [0.2, 0.25) is 29.5 Å². The number of aromatic nitrogens is 12. The number of hydrogen-bond donors (Lipinski definition) is 9. The number of pyridine rings is 4. The van der Waals surface area contributed by atoms with Gasteiger partial charge >= 0.3 is 0 Å². The topological polar surface area (TPSA) is 435 Å². The lowest BCUT2D eigenvalue weighted by atomic mass is 9.92.